The lowest BCUT2D eigenvalue weighted by atomic mass is 10.1. The number of aliphatic imine (C=N–C) groups is 2. The molecule has 4 N–H and O–H groups in total. The minimum atomic E-state index is -0.354. The molecular formula is C19H26N6O2. The summed E-state index contributed by atoms with van der Waals surface area (Å²) in [6.07, 6.45) is 3.20. The first-order valence-corrected chi connectivity index (χ1v) is 8.61. The Bertz CT molecular complexity index is 816. The second-order valence-corrected chi connectivity index (χ2v) is 5.54. The van der Waals surface area contributed by atoms with E-state index in [4.69, 9.17) is 5.73 Å². The van der Waals surface area contributed by atoms with Crippen LogP contribution in [0, 0.1) is 0 Å². The van der Waals surface area contributed by atoms with E-state index < -0.39 is 0 Å². The quantitative estimate of drug-likeness (QED) is 0.655. The first-order chi connectivity index (χ1) is 12.6. The van der Waals surface area contributed by atoms with Crippen molar-refractivity contribution in [1.82, 2.24) is 14.9 Å². The first kappa shape index (κ1) is 21.9. The van der Waals surface area contributed by atoms with Gasteiger partial charge in [0.05, 0.1) is 11.9 Å². The molecule has 0 bridgehead atoms. The van der Waals surface area contributed by atoms with E-state index in [1.54, 1.807) is 30.3 Å². The minimum absolute atomic E-state index is 0. The van der Waals surface area contributed by atoms with Crippen LogP contribution in [0.2, 0.25) is 0 Å². The number of fused-ring (bicyclic) bond motifs is 1. The SMILES string of the molecule is CC.CC(N)=N/C(=N/c1ncccn1)C(C)N1Cc2ccccc2C1=O.O. The molecule has 1 aromatic carbocycles. The van der Waals surface area contributed by atoms with Crippen LogP contribution in [0.5, 0.6) is 0 Å². The van der Waals surface area contributed by atoms with Crippen molar-refractivity contribution in [2.24, 2.45) is 15.7 Å². The lowest BCUT2D eigenvalue weighted by molar-refractivity contribution is 0.0758. The van der Waals surface area contributed by atoms with Crippen LogP contribution in [0.3, 0.4) is 0 Å². The third-order valence-corrected chi connectivity index (χ3v) is 3.75. The second-order valence-electron chi connectivity index (χ2n) is 5.54. The van der Waals surface area contributed by atoms with E-state index in [9.17, 15) is 4.79 Å². The van der Waals surface area contributed by atoms with Gasteiger partial charge < -0.3 is 16.1 Å². The van der Waals surface area contributed by atoms with Crippen molar-refractivity contribution in [2.75, 3.05) is 0 Å². The summed E-state index contributed by atoms with van der Waals surface area (Å²) in [6.45, 7) is 8.07. The zero-order chi connectivity index (χ0) is 19.1. The summed E-state index contributed by atoms with van der Waals surface area (Å²) in [5.74, 6) is 1.02. The van der Waals surface area contributed by atoms with Gasteiger partial charge in [-0.2, -0.15) is 4.99 Å². The van der Waals surface area contributed by atoms with Crippen molar-refractivity contribution >= 4 is 23.5 Å². The molecule has 27 heavy (non-hydrogen) atoms. The molecule has 0 radical (unpaired) electrons. The topological polar surface area (TPSA) is 128 Å². The molecule has 0 saturated carbocycles. The van der Waals surface area contributed by atoms with Crippen molar-refractivity contribution in [3.05, 3.63) is 53.9 Å². The number of nitrogens with two attached hydrogens (primary N) is 1. The maximum absolute atomic E-state index is 12.6. The molecule has 0 spiro atoms. The highest BCUT2D eigenvalue weighted by molar-refractivity contribution is 6.04. The fourth-order valence-electron chi connectivity index (χ4n) is 2.57. The van der Waals surface area contributed by atoms with Crippen molar-refractivity contribution in [3.8, 4) is 0 Å². The van der Waals surface area contributed by atoms with E-state index in [0.29, 0.717) is 23.8 Å². The smallest absolute Gasteiger partial charge is 0.255 e. The Hall–Kier alpha value is -3.13. The summed E-state index contributed by atoms with van der Waals surface area (Å²) in [5, 5.41) is 0. The largest absolute Gasteiger partial charge is 0.412 e. The van der Waals surface area contributed by atoms with Crippen LogP contribution in [0.1, 0.15) is 43.6 Å². The van der Waals surface area contributed by atoms with Gasteiger partial charge >= 0.3 is 0 Å². The normalized spacial score (nSPS) is 14.7. The lowest BCUT2D eigenvalue weighted by Gasteiger charge is -2.23. The van der Waals surface area contributed by atoms with E-state index in [1.165, 1.54) is 0 Å². The molecule has 0 fully saturated rings. The molecule has 1 atom stereocenters. The van der Waals surface area contributed by atoms with Gasteiger partial charge in [-0.25, -0.2) is 15.0 Å². The van der Waals surface area contributed by atoms with E-state index in [0.717, 1.165) is 5.56 Å². The Morgan fingerprint density at radius 1 is 1.19 bits per heavy atom. The average Bonchev–Trinajstić information content (AvgIpc) is 3.00. The Labute approximate surface area is 159 Å². The Morgan fingerprint density at radius 3 is 2.41 bits per heavy atom. The van der Waals surface area contributed by atoms with Crippen LogP contribution in [0.4, 0.5) is 5.95 Å². The number of nitrogens with zero attached hydrogens (tertiary/aromatic N) is 5. The predicted octanol–water partition coefficient (Wildman–Crippen LogP) is 2.13. The summed E-state index contributed by atoms with van der Waals surface area (Å²) >= 11 is 0. The van der Waals surface area contributed by atoms with Gasteiger partial charge in [0.2, 0.25) is 0 Å². The molecule has 0 aliphatic carbocycles. The summed E-state index contributed by atoms with van der Waals surface area (Å²) in [7, 11) is 0. The average molecular weight is 370 g/mol. The molecule has 1 aliphatic heterocycles. The van der Waals surface area contributed by atoms with Crippen molar-refractivity contribution in [2.45, 2.75) is 40.3 Å². The standard InChI is InChI=1S/C17H18N6O.C2H6.H2O/c1-11(23-10-13-6-3-4-7-14(13)16(23)24)15(21-12(2)18)22-17-19-8-5-9-20-17;1-2;/h3-9,11H,10H2,1-2H3,(H2,18,19,20,21,22);1-2H3;1H2. The molecular weight excluding hydrogens is 344 g/mol. The zero-order valence-electron chi connectivity index (χ0n) is 16.0. The van der Waals surface area contributed by atoms with Crippen molar-refractivity contribution in [1.29, 1.82) is 0 Å². The summed E-state index contributed by atoms with van der Waals surface area (Å²) in [5.41, 5.74) is 7.44. The molecule has 0 saturated heterocycles. The first-order valence-electron chi connectivity index (χ1n) is 8.61. The van der Waals surface area contributed by atoms with Crippen LogP contribution < -0.4 is 5.73 Å². The number of hydrogen-bond acceptors (Lipinski definition) is 4. The fraction of sp³-hybridized carbons (Fsp3) is 0.316. The van der Waals surface area contributed by atoms with Crippen molar-refractivity contribution in [3.63, 3.8) is 0 Å². The highest BCUT2D eigenvalue weighted by atomic mass is 16.2. The van der Waals surface area contributed by atoms with Crippen LogP contribution in [-0.4, -0.2) is 44.0 Å². The number of amidine groups is 2. The number of amides is 1. The molecule has 2 heterocycles. The summed E-state index contributed by atoms with van der Waals surface area (Å²) < 4.78 is 0. The van der Waals surface area contributed by atoms with Crippen LogP contribution in [0.25, 0.3) is 0 Å². The highest BCUT2D eigenvalue weighted by Gasteiger charge is 2.32. The molecule has 1 amide bonds. The second kappa shape index (κ2) is 10.1. The van der Waals surface area contributed by atoms with E-state index in [2.05, 4.69) is 20.0 Å². The molecule has 1 unspecified atom stereocenters. The lowest BCUT2D eigenvalue weighted by Crippen LogP contribution is -2.39. The van der Waals surface area contributed by atoms with Gasteiger partial charge in [-0.3, -0.25) is 4.79 Å². The third kappa shape index (κ3) is 5.18. The number of carbonyl (C=O) groups excluding carboxylic acids is 1. The van der Waals surface area contributed by atoms with Gasteiger partial charge in [0, 0.05) is 24.5 Å². The minimum Gasteiger partial charge on any atom is -0.412 e. The zero-order valence-corrected chi connectivity index (χ0v) is 16.0. The molecule has 8 nitrogen and oxygen atoms in total. The molecule has 3 rings (SSSR count). The van der Waals surface area contributed by atoms with Gasteiger partial charge in [-0.05, 0) is 31.5 Å². The van der Waals surface area contributed by atoms with Gasteiger partial charge in [0.1, 0.15) is 0 Å². The van der Waals surface area contributed by atoms with Gasteiger partial charge in [0.15, 0.2) is 5.84 Å². The number of carbonyl (C=O) groups is 1. The third-order valence-electron chi connectivity index (χ3n) is 3.75. The Balaban J connectivity index is 0.00000118. The fourth-order valence-corrected chi connectivity index (χ4v) is 2.57. The summed E-state index contributed by atoms with van der Waals surface area (Å²) in [4.78, 5) is 31.2. The predicted molar refractivity (Wildman–Crippen MR) is 107 cm³/mol. The van der Waals surface area contributed by atoms with E-state index in [1.807, 2.05) is 45.0 Å². The molecule has 1 aliphatic rings. The Kier molecular flexibility index (Phi) is 8.22. The maximum atomic E-state index is 12.6. The van der Waals surface area contributed by atoms with Gasteiger partial charge in [-0.1, -0.05) is 32.0 Å². The summed E-state index contributed by atoms with van der Waals surface area (Å²) in [6, 6.07) is 8.93. The monoisotopic (exact) mass is 370 g/mol. The Morgan fingerprint density at radius 2 is 1.81 bits per heavy atom. The van der Waals surface area contributed by atoms with Crippen LogP contribution in [-0.2, 0) is 6.54 Å². The molecule has 8 heteroatoms. The van der Waals surface area contributed by atoms with Crippen molar-refractivity contribution < 1.29 is 10.3 Å². The number of aromatic nitrogens is 2. The maximum Gasteiger partial charge on any atom is 0.255 e. The number of hydrogen-bond donors (Lipinski definition) is 1. The van der Waals surface area contributed by atoms with Gasteiger partial charge in [-0.15, -0.1) is 0 Å². The van der Waals surface area contributed by atoms with Gasteiger partial charge in [0.25, 0.3) is 11.9 Å². The van der Waals surface area contributed by atoms with E-state index >= 15 is 0 Å². The molecule has 1 aromatic heterocycles. The molecule has 2 aromatic rings. The highest BCUT2D eigenvalue weighted by Crippen LogP contribution is 2.25. The van der Waals surface area contributed by atoms with E-state index in [-0.39, 0.29) is 23.4 Å². The molecule has 144 valence electrons. The van der Waals surface area contributed by atoms with Crippen LogP contribution >= 0.6 is 0 Å². The number of rotatable bonds is 3. The number of benzene rings is 1. The van der Waals surface area contributed by atoms with Crippen LogP contribution in [0.15, 0.2) is 52.7 Å².